The van der Waals surface area contributed by atoms with E-state index in [4.69, 9.17) is 9.15 Å². The van der Waals surface area contributed by atoms with Gasteiger partial charge in [-0.1, -0.05) is 36.4 Å². The second-order valence-corrected chi connectivity index (χ2v) is 4.76. The van der Waals surface area contributed by atoms with Crippen molar-refractivity contribution in [2.45, 2.75) is 4.90 Å². The lowest BCUT2D eigenvalue weighted by Crippen LogP contribution is -2.05. The number of benzene rings is 2. The Hall–Kier alpha value is -2.20. The first-order valence-corrected chi connectivity index (χ1v) is 6.55. The molecule has 4 heteroatoms. The summed E-state index contributed by atoms with van der Waals surface area (Å²) >= 11 is 4.52. The largest absolute Gasteiger partial charge is 0.496 e. The van der Waals surface area contributed by atoms with Gasteiger partial charge in [-0.2, -0.15) is 0 Å². The summed E-state index contributed by atoms with van der Waals surface area (Å²) in [6.45, 7) is 0. The lowest BCUT2D eigenvalue weighted by atomic mass is 10.0. The van der Waals surface area contributed by atoms with Crippen molar-refractivity contribution in [2.75, 3.05) is 7.11 Å². The normalized spacial score (nSPS) is 10.7. The van der Waals surface area contributed by atoms with Crippen LogP contribution in [0.1, 0.15) is 0 Å². The molecule has 0 spiro atoms. The summed E-state index contributed by atoms with van der Waals surface area (Å²) in [7, 11) is 1.57. The molecule has 0 radical (unpaired) electrons. The molecule has 1 aromatic heterocycles. The highest BCUT2D eigenvalue weighted by Gasteiger charge is 2.16. The number of thiol groups is 1. The zero-order valence-electron chi connectivity index (χ0n) is 10.8. The Bertz CT molecular complexity index is 836. The van der Waals surface area contributed by atoms with Gasteiger partial charge >= 0.3 is 5.63 Å². The van der Waals surface area contributed by atoms with Crippen LogP contribution in [0.4, 0.5) is 0 Å². The molecule has 0 amide bonds. The topological polar surface area (TPSA) is 39.4 Å². The molecular weight excluding hydrogens is 272 g/mol. The number of methoxy groups -OCH3 is 1. The van der Waals surface area contributed by atoms with Crippen LogP contribution in [-0.2, 0) is 0 Å². The molecule has 1 heterocycles. The number of hydrogen-bond donors (Lipinski definition) is 1. The van der Waals surface area contributed by atoms with Crippen LogP contribution >= 0.6 is 12.6 Å². The van der Waals surface area contributed by atoms with Crippen LogP contribution in [0.5, 0.6) is 5.75 Å². The molecule has 0 N–H and O–H groups in total. The first kappa shape index (κ1) is 12.8. The van der Waals surface area contributed by atoms with E-state index in [1.54, 1.807) is 19.2 Å². The summed E-state index contributed by atoms with van der Waals surface area (Å²) in [4.78, 5) is 12.8. The van der Waals surface area contributed by atoms with Crippen molar-refractivity contribution in [3.8, 4) is 16.9 Å². The quantitative estimate of drug-likeness (QED) is 0.575. The molecule has 100 valence electrons. The van der Waals surface area contributed by atoms with E-state index in [0.29, 0.717) is 27.4 Å². The molecule has 3 rings (SSSR count). The molecule has 2 aromatic carbocycles. The molecule has 20 heavy (non-hydrogen) atoms. The Labute approximate surface area is 121 Å². The van der Waals surface area contributed by atoms with Gasteiger partial charge in [0.05, 0.1) is 12.7 Å². The highest BCUT2D eigenvalue weighted by Crippen LogP contribution is 2.34. The Balaban J connectivity index is 2.40. The van der Waals surface area contributed by atoms with E-state index in [1.165, 1.54) is 0 Å². The molecule has 0 bridgehead atoms. The standard InChI is InChI=1S/C16H12O3S/c1-18-12-8-4-2-6-10(12)14-15(20)11-7-3-5-9-13(11)19-16(14)17/h2-9,20H,1H3. The maximum absolute atomic E-state index is 12.3. The van der Waals surface area contributed by atoms with Crippen molar-refractivity contribution in [3.63, 3.8) is 0 Å². The molecule has 0 saturated heterocycles. The molecule has 0 fully saturated rings. The first-order valence-electron chi connectivity index (χ1n) is 6.10. The van der Waals surface area contributed by atoms with Gasteiger partial charge < -0.3 is 9.15 Å². The van der Waals surface area contributed by atoms with Crippen molar-refractivity contribution >= 4 is 23.6 Å². The highest BCUT2D eigenvalue weighted by molar-refractivity contribution is 7.80. The molecular formula is C16H12O3S. The summed E-state index contributed by atoms with van der Waals surface area (Å²) in [5.74, 6) is 0.616. The maximum atomic E-state index is 12.3. The summed E-state index contributed by atoms with van der Waals surface area (Å²) in [6, 6.07) is 14.6. The van der Waals surface area contributed by atoms with Gasteiger partial charge in [0.25, 0.3) is 0 Å². The van der Waals surface area contributed by atoms with Crippen LogP contribution in [-0.4, -0.2) is 7.11 Å². The second kappa shape index (κ2) is 5.06. The summed E-state index contributed by atoms with van der Waals surface area (Å²) < 4.78 is 10.7. The Morgan fingerprint density at radius 1 is 1.05 bits per heavy atom. The number of ether oxygens (including phenoxy) is 1. The van der Waals surface area contributed by atoms with E-state index in [1.807, 2.05) is 36.4 Å². The van der Waals surface area contributed by atoms with Gasteiger partial charge in [-0.3, -0.25) is 0 Å². The highest BCUT2D eigenvalue weighted by atomic mass is 32.1. The lowest BCUT2D eigenvalue weighted by molar-refractivity contribution is 0.416. The van der Waals surface area contributed by atoms with Crippen LogP contribution in [0, 0.1) is 0 Å². The number of hydrogen-bond acceptors (Lipinski definition) is 4. The first-order chi connectivity index (χ1) is 9.72. The van der Waals surface area contributed by atoms with Gasteiger partial charge in [-0.05, 0) is 12.1 Å². The molecule has 3 nitrogen and oxygen atoms in total. The molecule has 0 aliphatic rings. The predicted octanol–water partition coefficient (Wildman–Crippen LogP) is 3.76. The SMILES string of the molecule is COc1ccccc1-c1c(S)c2ccccc2oc1=O. The molecule has 0 aliphatic heterocycles. The third-order valence-corrected chi connectivity index (χ3v) is 3.63. The summed E-state index contributed by atoms with van der Waals surface area (Å²) in [5, 5.41) is 0.802. The minimum Gasteiger partial charge on any atom is -0.496 e. The van der Waals surface area contributed by atoms with Crippen molar-refractivity contribution in [3.05, 3.63) is 59.0 Å². The van der Waals surface area contributed by atoms with E-state index in [9.17, 15) is 4.79 Å². The van der Waals surface area contributed by atoms with E-state index in [-0.39, 0.29) is 0 Å². The van der Waals surface area contributed by atoms with Crippen molar-refractivity contribution in [2.24, 2.45) is 0 Å². The fourth-order valence-corrected chi connectivity index (χ4v) is 2.62. The van der Waals surface area contributed by atoms with E-state index in [0.717, 1.165) is 5.39 Å². The molecule has 0 aliphatic carbocycles. The van der Waals surface area contributed by atoms with E-state index >= 15 is 0 Å². The number of rotatable bonds is 2. The second-order valence-electron chi connectivity index (χ2n) is 4.31. The third-order valence-electron chi connectivity index (χ3n) is 3.16. The van der Waals surface area contributed by atoms with Crippen LogP contribution in [0.15, 0.2) is 62.6 Å². The van der Waals surface area contributed by atoms with Gasteiger partial charge in [-0.25, -0.2) is 4.79 Å². The van der Waals surface area contributed by atoms with E-state index in [2.05, 4.69) is 12.6 Å². The lowest BCUT2D eigenvalue weighted by Gasteiger charge is -2.10. The van der Waals surface area contributed by atoms with Gasteiger partial charge in [0, 0.05) is 15.8 Å². The Kier molecular flexibility index (Phi) is 3.24. The fourth-order valence-electron chi connectivity index (χ4n) is 2.22. The minimum atomic E-state index is -0.418. The number of fused-ring (bicyclic) bond motifs is 1. The van der Waals surface area contributed by atoms with Gasteiger partial charge in [0.1, 0.15) is 11.3 Å². The Morgan fingerprint density at radius 3 is 2.55 bits per heavy atom. The average Bonchev–Trinajstić information content (AvgIpc) is 2.48. The minimum absolute atomic E-state index is 0.418. The van der Waals surface area contributed by atoms with Crippen molar-refractivity contribution < 1.29 is 9.15 Å². The summed E-state index contributed by atoms with van der Waals surface area (Å²) in [6.07, 6.45) is 0. The van der Waals surface area contributed by atoms with Crippen LogP contribution < -0.4 is 10.4 Å². The fraction of sp³-hybridized carbons (Fsp3) is 0.0625. The van der Waals surface area contributed by atoms with E-state index < -0.39 is 5.63 Å². The number of para-hydroxylation sites is 2. The zero-order valence-corrected chi connectivity index (χ0v) is 11.7. The summed E-state index contributed by atoms with van der Waals surface area (Å²) in [5.41, 5.74) is 1.21. The zero-order chi connectivity index (χ0) is 14.1. The third kappa shape index (κ3) is 1.98. The smallest absolute Gasteiger partial charge is 0.345 e. The van der Waals surface area contributed by atoms with Crippen LogP contribution in [0.3, 0.4) is 0 Å². The van der Waals surface area contributed by atoms with Crippen molar-refractivity contribution in [1.29, 1.82) is 0 Å². The molecule has 0 saturated carbocycles. The Morgan fingerprint density at radius 2 is 1.75 bits per heavy atom. The monoisotopic (exact) mass is 284 g/mol. The van der Waals surface area contributed by atoms with Crippen LogP contribution in [0.25, 0.3) is 22.1 Å². The predicted molar refractivity (Wildman–Crippen MR) is 81.7 cm³/mol. The average molecular weight is 284 g/mol. The molecule has 0 atom stereocenters. The molecule has 0 unspecified atom stereocenters. The molecule has 3 aromatic rings. The van der Waals surface area contributed by atoms with Gasteiger partial charge in [-0.15, -0.1) is 12.6 Å². The van der Waals surface area contributed by atoms with Gasteiger partial charge in [0.15, 0.2) is 0 Å². The maximum Gasteiger partial charge on any atom is 0.345 e. The van der Waals surface area contributed by atoms with Gasteiger partial charge in [0.2, 0.25) is 0 Å². The van der Waals surface area contributed by atoms with Crippen LogP contribution in [0.2, 0.25) is 0 Å². The van der Waals surface area contributed by atoms with Crippen molar-refractivity contribution in [1.82, 2.24) is 0 Å².